The first-order chi connectivity index (χ1) is 7.78. The van der Waals surface area contributed by atoms with Crippen LogP contribution in [0.1, 0.15) is 39.8 Å². The summed E-state index contributed by atoms with van der Waals surface area (Å²) < 4.78 is 7.10. The fraction of sp³-hybridized carbons (Fsp3) is 0.750. The summed E-state index contributed by atoms with van der Waals surface area (Å²) in [5.74, 6) is 0. The van der Waals surface area contributed by atoms with E-state index in [1.807, 2.05) is 13.8 Å². The van der Waals surface area contributed by atoms with Crippen LogP contribution >= 0.6 is 11.6 Å². The molecule has 0 aliphatic heterocycles. The summed E-state index contributed by atoms with van der Waals surface area (Å²) >= 11 is 6.13. The molecule has 1 heterocycles. The molecule has 98 valence electrons. The minimum Gasteiger partial charge on any atom is -0.381 e. The fourth-order valence-electron chi connectivity index (χ4n) is 1.71. The number of nitrogens with zero attached hydrogens (tertiary/aromatic N) is 2. The number of aliphatic hydroxyl groups is 1. The first-order valence-corrected chi connectivity index (χ1v) is 6.15. The van der Waals surface area contributed by atoms with E-state index >= 15 is 0 Å². The molecule has 1 unspecified atom stereocenters. The summed E-state index contributed by atoms with van der Waals surface area (Å²) in [4.78, 5) is 0. The van der Waals surface area contributed by atoms with E-state index < -0.39 is 11.2 Å². The Morgan fingerprint density at radius 2 is 2.06 bits per heavy atom. The van der Waals surface area contributed by atoms with Crippen molar-refractivity contribution < 1.29 is 9.84 Å². The molecule has 17 heavy (non-hydrogen) atoms. The van der Waals surface area contributed by atoms with E-state index in [2.05, 4.69) is 12.0 Å². The monoisotopic (exact) mass is 260 g/mol. The van der Waals surface area contributed by atoms with Gasteiger partial charge in [0.1, 0.15) is 5.60 Å². The Bertz CT molecular complexity index is 386. The second kappa shape index (κ2) is 4.96. The SMILES string of the molecule is CCCn1ncc(Cl)c1C(C)(O)C(C)(C)OC. The number of hydrogen-bond acceptors (Lipinski definition) is 3. The van der Waals surface area contributed by atoms with Crippen LogP contribution in [0.2, 0.25) is 5.02 Å². The number of halogens is 1. The highest BCUT2D eigenvalue weighted by Crippen LogP contribution is 2.38. The Labute approximate surface area is 108 Å². The van der Waals surface area contributed by atoms with Crippen LogP contribution in [0.4, 0.5) is 0 Å². The van der Waals surface area contributed by atoms with Crippen molar-refractivity contribution in [3.63, 3.8) is 0 Å². The Morgan fingerprint density at radius 3 is 2.53 bits per heavy atom. The van der Waals surface area contributed by atoms with Crippen LogP contribution < -0.4 is 0 Å². The normalized spacial score (nSPS) is 15.9. The lowest BCUT2D eigenvalue weighted by Crippen LogP contribution is -2.48. The molecule has 0 radical (unpaired) electrons. The van der Waals surface area contributed by atoms with E-state index in [-0.39, 0.29) is 0 Å². The third-order valence-electron chi connectivity index (χ3n) is 3.37. The number of ether oxygens (including phenoxy) is 1. The molecular formula is C12H21ClN2O2. The van der Waals surface area contributed by atoms with Crippen molar-refractivity contribution in [2.45, 2.75) is 51.9 Å². The standard InChI is InChI=1S/C12H21ClN2O2/c1-6-7-15-10(9(13)8-14-15)12(4,16)11(2,3)17-5/h8,16H,6-7H2,1-5H3. The zero-order valence-corrected chi connectivity index (χ0v) is 11.9. The van der Waals surface area contributed by atoms with E-state index in [4.69, 9.17) is 16.3 Å². The Hall–Kier alpha value is -0.580. The minimum atomic E-state index is -1.20. The van der Waals surface area contributed by atoms with Crippen LogP contribution in [0.15, 0.2) is 6.20 Å². The van der Waals surface area contributed by atoms with Gasteiger partial charge in [0.05, 0.1) is 22.5 Å². The summed E-state index contributed by atoms with van der Waals surface area (Å²) in [6.07, 6.45) is 2.49. The van der Waals surface area contributed by atoms with E-state index in [9.17, 15) is 5.11 Å². The zero-order valence-electron chi connectivity index (χ0n) is 11.1. The fourth-order valence-corrected chi connectivity index (χ4v) is 2.04. The molecule has 1 N–H and O–H groups in total. The highest BCUT2D eigenvalue weighted by Gasteiger charge is 2.45. The third kappa shape index (κ3) is 2.49. The van der Waals surface area contributed by atoms with Crippen molar-refractivity contribution in [2.24, 2.45) is 0 Å². The molecule has 1 rings (SSSR count). The molecule has 1 aromatic rings. The molecule has 0 amide bonds. The summed E-state index contributed by atoms with van der Waals surface area (Å²) in [6.45, 7) is 8.12. The first kappa shape index (κ1) is 14.5. The van der Waals surface area contributed by atoms with Gasteiger partial charge >= 0.3 is 0 Å². The van der Waals surface area contributed by atoms with Crippen molar-refractivity contribution in [2.75, 3.05) is 7.11 Å². The second-order valence-electron chi connectivity index (χ2n) is 4.85. The van der Waals surface area contributed by atoms with Crippen molar-refractivity contribution in [3.8, 4) is 0 Å². The topological polar surface area (TPSA) is 47.3 Å². The first-order valence-electron chi connectivity index (χ1n) is 5.77. The summed E-state index contributed by atoms with van der Waals surface area (Å²) in [7, 11) is 1.57. The smallest absolute Gasteiger partial charge is 0.133 e. The van der Waals surface area contributed by atoms with Gasteiger partial charge in [-0.05, 0) is 27.2 Å². The van der Waals surface area contributed by atoms with Gasteiger partial charge in [-0.1, -0.05) is 18.5 Å². The van der Waals surface area contributed by atoms with Gasteiger partial charge in [-0.15, -0.1) is 0 Å². The molecule has 0 saturated heterocycles. The second-order valence-corrected chi connectivity index (χ2v) is 5.26. The van der Waals surface area contributed by atoms with Gasteiger partial charge in [-0.2, -0.15) is 5.10 Å². The third-order valence-corrected chi connectivity index (χ3v) is 3.65. The van der Waals surface area contributed by atoms with Gasteiger partial charge in [-0.25, -0.2) is 0 Å². The summed E-state index contributed by atoms with van der Waals surface area (Å²) in [6, 6.07) is 0. The van der Waals surface area contributed by atoms with E-state index in [1.54, 1.807) is 24.9 Å². The molecule has 0 fully saturated rings. The minimum absolute atomic E-state index is 0.466. The van der Waals surface area contributed by atoms with Crippen LogP contribution in [0.3, 0.4) is 0 Å². The maximum absolute atomic E-state index is 10.7. The quantitative estimate of drug-likeness (QED) is 0.885. The van der Waals surface area contributed by atoms with E-state index in [1.165, 1.54) is 0 Å². The van der Waals surface area contributed by atoms with Crippen molar-refractivity contribution >= 4 is 11.6 Å². The summed E-state index contributed by atoms with van der Waals surface area (Å²) in [5, 5.41) is 15.4. The van der Waals surface area contributed by atoms with Gasteiger partial charge < -0.3 is 9.84 Å². The molecule has 0 bridgehead atoms. The van der Waals surface area contributed by atoms with Crippen molar-refractivity contribution in [1.82, 2.24) is 9.78 Å². The van der Waals surface area contributed by atoms with Gasteiger partial charge in [0, 0.05) is 13.7 Å². The number of aryl methyl sites for hydroxylation is 1. The lowest BCUT2D eigenvalue weighted by atomic mass is 9.84. The van der Waals surface area contributed by atoms with Gasteiger partial charge in [-0.3, -0.25) is 4.68 Å². The average molecular weight is 261 g/mol. The largest absolute Gasteiger partial charge is 0.381 e. The zero-order chi connectivity index (χ0) is 13.3. The van der Waals surface area contributed by atoms with Crippen LogP contribution in [0.5, 0.6) is 0 Å². The maximum atomic E-state index is 10.7. The lowest BCUT2D eigenvalue weighted by molar-refractivity contribution is -0.149. The molecule has 1 aromatic heterocycles. The Kier molecular flexibility index (Phi) is 4.23. The highest BCUT2D eigenvalue weighted by atomic mass is 35.5. The highest BCUT2D eigenvalue weighted by molar-refractivity contribution is 6.31. The molecule has 0 saturated carbocycles. The van der Waals surface area contributed by atoms with Gasteiger partial charge in [0.25, 0.3) is 0 Å². The molecule has 5 heteroatoms. The summed E-state index contributed by atoms with van der Waals surface area (Å²) in [5.41, 5.74) is -1.35. The van der Waals surface area contributed by atoms with Crippen LogP contribution in [-0.4, -0.2) is 27.6 Å². The van der Waals surface area contributed by atoms with E-state index in [0.29, 0.717) is 10.7 Å². The van der Waals surface area contributed by atoms with Gasteiger partial charge in [0.15, 0.2) is 0 Å². The predicted octanol–water partition coefficient (Wildman–Crippen LogP) is 2.58. The lowest BCUT2D eigenvalue weighted by Gasteiger charge is -2.39. The number of rotatable bonds is 5. The average Bonchev–Trinajstić information content (AvgIpc) is 2.60. The van der Waals surface area contributed by atoms with Crippen LogP contribution in [-0.2, 0) is 16.9 Å². The molecule has 0 aromatic carbocycles. The maximum Gasteiger partial charge on any atom is 0.133 e. The molecule has 0 aliphatic carbocycles. The Morgan fingerprint density at radius 1 is 1.47 bits per heavy atom. The molecule has 1 atom stereocenters. The van der Waals surface area contributed by atoms with Gasteiger partial charge in [0.2, 0.25) is 0 Å². The number of aromatic nitrogens is 2. The van der Waals surface area contributed by atoms with Crippen LogP contribution in [0, 0.1) is 0 Å². The number of hydrogen-bond donors (Lipinski definition) is 1. The van der Waals surface area contributed by atoms with Crippen LogP contribution in [0.25, 0.3) is 0 Å². The van der Waals surface area contributed by atoms with Crippen molar-refractivity contribution in [3.05, 3.63) is 16.9 Å². The predicted molar refractivity (Wildman–Crippen MR) is 68.2 cm³/mol. The molecular weight excluding hydrogens is 240 g/mol. The van der Waals surface area contributed by atoms with E-state index in [0.717, 1.165) is 13.0 Å². The Balaban J connectivity index is 3.26. The molecule has 0 aliphatic rings. The molecule has 4 nitrogen and oxygen atoms in total. The van der Waals surface area contributed by atoms with Crippen molar-refractivity contribution in [1.29, 1.82) is 0 Å². The molecule has 0 spiro atoms. The number of methoxy groups -OCH3 is 1.